The van der Waals surface area contributed by atoms with Gasteiger partial charge < -0.3 is 0 Å². The molecule has 0 saturated carbocycles. The van der Waals surface area contributed by atoms with Gasteiger partial charge in [0, 0.05) is 0 Å². The summed E-state index contributed by atoms with van der Waals surface area (Å²) in [5.74, 6) is 0. The van der Waals surface area contributed by atoms with Crippen LogP contribution in [0.3, 0.4) is 0 Å². The molecule has 0 unspecified atom stereocenters. The number of aldehydes is 1. The van der Waals surface area contributed by atoms with E-state index in [4.69, 9.17) is 0 Å². The van der Waals surface area contributed by atoms with Crippen molar-refractivity contribution in [1.29, 1.82) is 0 Å². The van der Waals surface area contributed by atoms with Gasteiger partial charge in [0.05, 0.1) is 4.88 Å². The summed E-state index contributed by atoms with van der Waals surface area (Å²) in [5.41, 5.74) is 0. The first-order chi connectivity index (χ1) is 4.36. The Morgan fingerprint density at radius 1 is 1.67 bits per heavy atom. The maximum absolute atomic E-state index is 10.1. The highest BCUT2D eigenvalue weighted by atomic mass is 32.1. The van der Waals surface area contributed by atoms with Gasteiger partial charge in [0.15, 0.2) is 13.6 Å². The SMILES string of the molecule is C[B]c1ccc(C=O)s1. The van der Waals surface area contributed by atoms with Crippen LogP contribution in [0.2, 0.25) is 6.82 Å². The first-order valence-corrected chi connectivity index (χ1v) is 3.53. The van der Waals surface area contributed by atoms with Gasteiger partial charge in [-0.3, -0.25) is 4.79 Å². The fourth-order valence-corrected chi connectivity index (χ4v) is 1.30. The van der Waals surface area contributed by atoms with Crippen LogP contribution in [0.1, 0.15) is 9.67 Å². The average molecular weight is 137 g/mol. The predicted molar refractivity (Wildman–Crippen MR) is 41.0 cm³/mol. The second-order valence-corrected chi connectivity index (χ2v) is 2.79. The van der Waals surface area contributed by atoms with Crippen molar-refractivity contribution in [2.75, 3.05) is 0 Å². The van der Waals surface area contributed by atoms with E-state index in [0.29, 0.717) is 0 Å². The third-order valence-electron chi connectivity index (χ3n) is 1.05. The highest BCUT2D eigenvalue weighted by Gasteiger charge is 1.94. The zero-order valence-electron chi connectivity index (χ0n) is 5.13. The number of hydrogen-bond donors (Lipinski definition) is 0. The number of carbonyl (C=O) groups excluding carboxylic acids is 1. The quantitative estimate of drug-likeness (QED) is 0.437. The Balaban J connectivity index is 2.86. The van der Waals surface area contributed by atoms with Crippen molar-refractivity contribution in [3.8, 4) is 0 Å². The minimum absolute atomic E-state index is 0.795. The van der Waals surface area contributed by atoms with E-state index in [0.717, 1.165) is 15.9 Å². The predicted octanol–water partition coefficient (Wildman–Crippen LogP) is 0.938. The van der Waals surface area contributed by atoms with Crippen LogP contribution in [-0.4, -0.2) is 13.6 Å². The second-order valence-electron chi connectivity index (χ2n) is 1.65. The van der Waals surface area contributed by atoms with Crippen molar-refractivity contribution in [3.05, 3.63) is 17.0 Å². The van der Waals surface area contributed by atoms with E-state index in [1.807, 2.05) is 26.2 Å². The number of rotatable bonds is 2. The summed E-state index contributed by atoms with van der Waals surface area (Å²) < 4.78 is 1.15. The number of carbonyl (C=O) groups is 1. The van der Waals surface area contributed by atoms with Crippen molar-refractivity contribution in [2.45, 2.75) is 6.82 Å². The minimum Gasteiger partial charge on any atom is -0.297 e. The zero-order valence-corrected chi connectivity index (χ0v) is 5.94. The van der Waals surface area contributed by atoms with Gasteiger partial charge in [-0.15, -0.1) is 11.3 Å². The highest BCUT2D eigenvalue weighted by molar-refractivity contribution is 7.22. The number of thiophene rings is 1. The molecule has 9 heavy (non-hydrogen) atoms. The summed E-state index contributed by atoms with van der Waals surface area (Å²) in [5, 5.41) is 0. The van der Waals surface area contributed by atoms with Gasteiger partial charge in [0.25, 0.3) is 0 Å². The van der Waals surface area contributed by atoms with Crippen molar-refractivity contribution in [3.63, 3.8) is 0 Å². The van der Waals surface area contributed by atoms with Crippen molar-refractivity contribution < 1.29 is 4.79 Å². The average Bonchev–Trinajstić information content (AvgIpc) is 2.34. The molecule has 0 aliphatic rings. The third-order valence-corrected chi connectivity index (χ3v) is 2.12. The van der Waals surface area contributed by atoms with Crippen LogP contribution in [0.15, 0.2) is 12.1 Å². The number of hydrogen-bond acceptors (Lipinski definition) is 2. The third kappa shape index (κ3) is 1.42. The molecule has 0 spiro atoms. The van der Waals surface area contributed by atoms with Gasteiger partial charge in [-0.1, -0.05) is 12.9 Å². The Kier molecular flexibility index (Phi) is 2.06. The van der Waals surface area contributed by atoms with Gasteiger partial charge in [-0.25, -0.2) is 0 Å². The lowest BCUT2D eigenvalue weighted by Crippen LogP contribution is -2.01. The lowest BCUT2D eigenvalue weighted by atomic mass is 9.81. The van der Waals surface area contributed by atoms with Crippen LogP contribution in [0.25, 0.3) is 0 Å². The maximum Gasteiger partial charge on any atom is 0.162 e. The Morgan fingerprint density at radius 2 is 2.44 bits per heavy atom. The largest absolute Gasteiger partial charge is 0.297 e. The summed E-state index contributed by atoms with van der Waals surface area (Å²) >= 11 is 1.51. The van der Waals surface area contributed by atoms with Gasteiger partial charge >= 0.3 is 0 Å². The van der Waals surface area contributed by atoms with Crippen LogP contribution in [-0.2, 0) is 0 Å². The van der Waals surface area contributed by atoms with Crippen LogP contribution in [0.5, 0.6) is 0 Å². The lowest BCUT2D eigenvalue weighted by molar-refractivity contribution is 0.112. The maximum atomic E-state index is 10.1. The Bertz CT molecular complexity index is 207. The molecule has 1 aromatic heterocycles. The molecule has 0 aliphatic carbocycles. The van der Waals surface area contributed by atoms with Crippen LogP contribution in [0.4, 0.5) is 0 Å². The molecule has 0 amide bonds. The molecule has 1 rings (SSSR count). The van der Waals surface area contributed by atoms with E-state index in [9.17, 15) is 4.79 Å². The van der Waals surface area contributed by atoms with Crippen molar-refractivity contribution >= 4 is 29.7 Å². The van der Waals surface area contributed by atoms with Gasteiger partial charge in [-0.05, 0) is 10.8 Å². The first kappa shape index (κ1) is 6.55. The van der Waals surface area contributed by atoms with Crippen LogP contribution in [0, 0.1) is 0 Å². The first-order valence-electron chi connectivity index (χ1n) is 2.71. The summed E-state index contributed by atoms with van der Waals surface area (Å²) in [6.07, 6.45) is 0.873. The van der Waals surface area contributed by atoms with Gasteiger partial charge in [-0.2, -0.15) is 0 Å². The molecule has 1 radical (unpaired) electrons. The minimum atomic E-state index is 0.795. The fraction of sp³-hybridized carbons (Fsp3) is 0.167. The zero-order chi connectivity index (χ0) is 6.69. The lowest BCUT2D eigenvalue weighted by Gasteiger charge is -1.78. The normalized spacial score (nSPS) is 9.00. The molecule has 0 saturated heterocycles. The molecule has 0 aromatic carbocycles. The van der Waals surface area contributed by atoms with E-state index in [1.165, 1.54) is 11.3 Å². The molecule has 0 atom stereocenters. The summed E-state index contributed by atoms with van der Waals surface area (Å²) in [6, 6.07) is 3.77. The van der Waals surface area contributed by atoms with E-state index in [1.54, 1.807) is 0 Å². The van der Waals surface area contributed by atoms with E-state index < -0.39 is 0 Å². The topological polar surface area (TPSA) is 17.1 Å². The van der Waals surface area contributed by atoms with Crippen molar-refractivity contribution in [2.24, 2.45) is 0 Å². The Morgan fingerprint density at radius 3 is 2.78 bits per heavy atom. The molecule has 0 fully saturated rings. The summed E-state index contributed by atoms with van der Waals surface area (Å²) in [6.45, 7) is 1.96. The monoisotopic (exact) mass is 137 g/mol. The Labute approximate surface area is 59.0 Å². The van der Waals surface area contributed by atoms with Gasteiger partial charge in [0.2, 0.25) is 0 Å². The summed E-state index contributed by atoms with van der Waals surface area (Å²) in [7, 11) is 1.98. The van der Waals surface area contributed by atoms with E-state index in [-0.39, 0.29) is 0 Å². The molecule has 1 heterocycles. The standard InChI is InChI=1S/C6H6BOS/c1-7-6-3-2-5(4-8)9-6/h2-4H,1H3. The van der Waals surface area contributed by atoms with Crippen LogP contribution < -0.4 is 4.78 Å². The molecular weight excluding hydrogens is 131 g/mol. The molecule has 0 bridgehead atoms. The fourth-order valence-electron chi connectivity index (χ4n) is 0.587. The highest BCUT2D eigenvalue weighted by Crippen LogP contribution is 2.01. The van der Waals surface area contributed by atoms with E-state index >= 15 is 0 Å². The summed E-state index contributed by atoms with van der Waals surface area (Å²) in [4.78, 5) is 10.9. The molecule has 3 heteroatoms. The smallest absolute Gasteiger partial charge is 0.162 e. The second kappa shape index (κ2) is 2.83. The molecule has 45 valence electrons. The van der Waals surface area contributed by atoms with E-state index in [2.05, 4.69) is 0 Å². The van der Waals surface area contributed by atoms with Crippen LogP contribution >= 0.6 is 11.3 Å². The molecule has 1 aromatic rings. The molecule has 1 nitrogen and oxygen atoms in total. The molecular formula is C6H6BOS. The Hall–Kier alpha value is -0.565. The molecule has 0 aliphatic heterocycles. The molecule has 0 N–H and O–H groups in total. The van der Waals surface area contributed by atoms with Crippen molar-refractivity contribution in [1.82, 2.24) is 0 Å². The van der Waals surface area contributed by atoms with Gasteiger partial charge in [0.1, 0.15) is 0 Å².